The van der Waals surface area contributed by atoms with Crippen molar-refractivity contribution in [1.82, 2.24) is 4.98 Å². The van der Waals surface area contributed by atoms with Gasteiger partial charge in [0.05, 0.1) is 0 Å². The zero-order chi connectivity index (χ0) is 6.69. The third kappa shape index (κ3) is 1.53. The SMILES string of the molecule is CC(C)c1ccncc1.[HH].[HH].[HH]. The molecule has 1 nitrogen and oxygen atoms in total. The normalized spacial score (nSPS) is 10.1. The van der Waals surface area contributed by atoms with E-state index in [0.717, 1.165) is 0 Å². The molecule has 0 saturated heterocycles. The lowest BCUT2D eigenvalue weighted by molar-refractivity contribution is 0.863. The largest absolute Gasteiger partial charge is 0.265 e. The van der Waals surface area contributed by atoms with Gasteiger partial charge in [0.2, 0.25) is 0 Å². The summed E-state index contributed by atoms with van der Waals surface area (Å²) >= 11 is 0. The van der Waals surface area contributed by atoms with Crippen molar-refractivity contribution < 1.29 is 4.28 Å². The minimum absolute atomic E-state index is 0. The quantitative estimate of drug-likeness (QED) is 0.565. The Kier molecular flexibility index (Phi) is 1.83. The van der Waals surface area contributed by atoms with Gasteiger partial charge in [-0.25, -0.2) is 0 Å². The lowest BCUT2D eigenvalue weighted by Crippen LogP contribution is -1.85. The molecule has 54 valence electrons. The van der Waals surface area contributed by atoms with E-state index in [2.05, 4.69) is 18.8 Å². The van der Waals surface area contributed by atoms with Crippen LogP contribution in [0.4, 0.5) is 0 Å². The summed E-state index contributed by atoms with van der Waals surface area (Å²) in [6.07, 6.45) is 3.66. The van der Waals surface area contributed by atoms with Gasteiger partial charge in [-0.05, 0) is 23.6 Å². The second kappa shape index (κ2) is 2.62. The molecule has 9 heavy (non-hydrogen) atoms. The van der Waals surface area contributed by atoms with Gasteiger partial charge in [0.1, 0.15) is 0 Å². The molecular weight excluding hydrogens is 110 g/mol. The molecule has 0 aromatic carbocycles. The molecule has 0 radical (unpaired) electrons. The smallest absolute Gasteiger partial charge is 0.0270 e. The third-order valence-electron chi connectivity index (χ3n) is 1.37. The summed E-state index contributed by atoms with van der Waals surface area (Å²) in [5, 5.41) is 0. The average molecular weight is 127 g/mol. The molecule has 0 N–H and O–H groups in total. The van der Waals surface area contributed by atoms with Gasteiger partial charge in [0.15, 0.2) is 0 Å². The van der Waals surface area contributed by atoms with Crippen molar-refractivity contribution in [2.75, 3.05) is 0 Å². The summed E-state index contributed by atoms with van der Waals surface area (Å²) in [5.41, 5.74) is 1.35. The standard InChI is InChI=1S/C8H11N.3H2/c1-7(2)8-3-5-9-6-4-8;;;/h3-7H,1-2H3;3*1H. The van der Waals surface area contributed by atoms with Crippen LogP contribution in [-0.4, -0.2) is 4.98 Å². The first kappa shape index (κ1) is 6.27. The van der Waals surface area contributed by atoms with Crippen LogP contribution in [0.15, 0.2) is 24.5 Å². The van der Waals surface area contributed by atoms with Gasteiger partial charge in [-0.2, -0.15) is 0 Å². The summed E-state index contributed by atoms with van der Waals surface area (Å²) < 4.78 is 0. The van der Waals surface area contributed by atoms with E-state index in [0.29, 0.717) is 5.92 Å². The monoisotopic (exact) mass is 127 g/mol. The maximum Gasteiger partial charge on any atom is 0.0270 e. The lowest BCUT2D eigenvalue weighted by Gasteiger charge is -2.01. The molecule has 0 atom stereocenters. The Hall–Kier alpha value is -0.850. The number of hydrogen-bond acceptors (Lipinski definition) is 1. The van der Waals surface area contributed by atoms with Gasteiger partial charge in [0, 0.05) is 16.7 Å². The number of pyridine rings is 1. The highest BCUT2D eigenvalue weighted by Crippen LogP contribution is 2.10. The average Bonchev–Trinajstić information content (AvgIpc) is 1.90. The Morgan fingerprint density at radius 3 is 2.22 bits per heavy atom. The van der Waals surface area contributed by atoms with Crippen LogP contribution in [-0.2, 0) is 0 Å². The maximum absolute atomic E-state index is 3.93. The van der Waals surface area contributed by atoms with Crippen molar-refractivity contribution in [2.24, 2.45) is 0 Å². The Labute approximate surface area is 60.2 Å². The van der Waals surface area contributed by atoms with E-state index in [1.54, 1.807) is 0 Å². The van der Waals surface area contributed by atoms with Crippen molar-refractivity contribution >= 4 is 0 Å². The van der Waals surface area contributed by atoms with Crippen LogP contribution in [0.5, 0.6) is 0 Å². The molecule has 0 aliphatic heterocycles. The Morgan fingerprint density at radius 1 is 1.33 bits per heavy atom. The summed E-state index contributed by atoms with van der Waals surface area (Å²) in [6.45, 7) is 4.35. The molecule has 1 aromatic heterocycles. The second-order valence-corrected chi connectivity index (χ2v) is 2.44. The topological polar surface area (TPSA) is 12.9 Å². The zero-order valence-electron chi connectivity index (χ0n) is 5.83. The van der Waals surface area contributed by atoms with E-state index in [1.807, 2.05) is 24.5 Å². The minimum Gasteiger partial charge on any atom is -0.265 e. The highest BCUT2D eigenvalue weighted by atomic mass is 14.6. The Balaban J connectivity index is -0.000000270. The van der Waals surface area contributed by atoms with Gasteiger partial charge in [0.25, 0.3) is 0 Å². The molecule has 1 heterocycles. The lowest BCUT2D eigenvalue weighted by atomic mass is 10.1. The van der Waals surface area contributed by atoms with Crippen LogP contribution in [0, 0.1) is 0 Å². The first-order valence-electron chi connectivity index (χ1n) is 3.20. The number of aromatic nitrogens is 1. The molecular formula is C8H17N. The first-order chi connectivity index (χ1) is 4.30. The van der Waals surface area contributed by atoms with E-state index >= 15 is 0 Å². The van der Waals surface area contributed by atoms with Crippen molar-refractivity contribution in [3.05, 3.63) is 30.1 Å². The fourth-order valence-electron chi connectivity index (χ4n) is 0.748. The second-order valence-electron chi connectivity index (χ2n) is 2.44. The molecule has 0 saturated carbocycles. The van der Waals surface area contributed by atoms with E-state index in [4.69, 9.17) is 0 Å². The summed E-state index contributed by atoms with van der Waals surface area (Å²) in [7, 11) is 0. The molecule has 1 rings (SSSR count). The van der Waals surface area contributed by atoms with Gasteiger partial charge < -0.3 is 0 Å². The first-order valence-corrected chi connectivity index (χ1v) is 3.20. The number of nitrogens with zero attached hydrogens (tertiary/aromatic N) is 1. The summed E-state index contributed by atoms with van der Waals surface area (Å²) in [4.78, 5) is 3.93. The Bertz CT molecular complexity index is 177. The Morgan fingerprint density at radius 2 is 1.89 bits per heavy atom. The van der Waals surface area contributed by atoms with E-state index in [9.17, 15) is 0 Å². The van der Waals surface area contributed by atoms with Gasteiger partial charge >= 0.3 is 0 Å². The van der Waals surface area contributed by atoms with Crippen LogP contribution in [0.25, 0.3) is 0 Å². The zero-order valence-corrected chi connectivity index (χ0v) is 5.83. The maximum atomic E-state index is 3.93. The van der Waals surface area contributed by atoms with Crippen LogP contribution < -0.4 is 0 Å². The van der Waals surface area contributed by atoms with Gasteiger partial charge in [-0.1, -0.05) is 13.8 Å². The van der Waals surface area contributed by atoms with E-state index < -0.39 is 0 Å². The molecule has 0 bridgehead atoms. The molecule has 0 amide bonds. The number of hydrogen-bond donors (Lipinski definition) is 0. The third-order valence-corrected chi connectivity index (χ3v) is 1.37. The molecule has 0 fully saturated rings. The van der Waals surface area contributed by atoms with Crippen molar-refractivity contribution in [1.29, 1.82) is 0 Å². The summed E-state index contributed by atoms with van der Waals surface area (Å²) in [5.74, 6) is 0.619. The molecule has 1 aromatic rings. The highest BCUT2D eigenvalue weighted by molar-refractivity contribution is 5.13. The van der Waals surface area contributed by atoms with Gasteiger partial charge in [-0.3, -0.25) is 4.98 Å². The van der Waals surface area contributed by atoms with E-state index in [1.165, 1.54) is 5.56 Å². The van der Waals surface area contributed by atoms with E-state index in [-0.39, 0.29) is 4.28 Å². The van der Waals surface area contributed by atoms with Crippen LogP contribution in [0.2, 0.25) is 0 Å². The molecule has 0 aliphatic rings. The predicted molar refractivity (Wildman–Crippen MR) is 44.7 cm³/mol. The van der Waals surface area contributed by atoms with Crippen molar-refractivity contribution in [3.8, 4) is 0 Å². The van der Waals surface area contributed by atoms with Crippen molar-refractivity contribution in [3.63, 3.8) is 0 Å². The van der Waals surface area contributed by atoms with Crippen LogP contribution in [0.1, 0.15) is 29.6 Å². The fraction of sp³-hybridized carbons (Fsp3) is 0.375. The highest BCUT2D eigenvalue weighted by Gasteiger charge is 1.93. The predicted octanol–water partition coefficient (Wildman–Crippen LogP) is 2.94. The fourth-order valence-corrected chi connectivity index (χ4v) is 0.748. The van der Waals surface area contributed by atoms with Crippen LogP contribution in [0.3, 0.4) is 0 Å². The molecule has 0 spiro atoms. The summed E-state index contributed by atoms with van der Waals surface area (Å²) in [6, 6.07) is 4.09. The van der Waals surface area contributed by atoms with Crippen molar-refractivity contribution in [2.45, 2.75) is 19.8 Å². The van der Waals surface area contributed by atoms with Crippen LogP contribution >= 0.6 is 0 Å². The molecule has 0 unspecified atom stereocenters. The minimum atomic E-state index is 0. The number of rotatable bonds is 1. The molecule has 1 heteroatoms. The molecule has 0 aliphatic carbocycles. The van der Waals surface area contributed by atoms with Gasteiger partial charge in [-0.15, -0.1) is 0 Å².